The van der Waals surface area contributed by atoms with Crippen LogP contribution in [-0.2, 0) is 9.59 Å². The van der Waals surface area contributed by atoms with Crippen molar-refractivity contribution in [3.05, 3.63) is 85.8 Å². The number of carbonyl (C=O) groups is 3. The molecule has 3 aromatic rings. The van der Waals surface area contributed by atoms with Gasteiger partial charge < -0.3 is 9.88 Å². The summed E-state index contributed by atoms with van der Waals surface area (Å²) in [7, 11) is 0. The van der Waals surface area contributed by atoms with Gasteiger partial charge in [0.25, 0.3) is 11.1 Å². The molecule has 1 aliphatic heterocycles. The van der Waals surface area contributed by atoms with Crippen LogP contribution in [0.5, 0.6) is 0 Å². The lowest BCUT2D eigenvalue weighted by atomic mass is 10.2. The molecule has 1 saturated heterocycles. The fraction of sp³-hybridized carbons (Fsp3) is 0.125. The number of amides is 3. The monoisotopic (exact) mass is 575 g/mol. The summed E-state index contributed by atoms with van der Waals surface area (Å²) in [5.74, 6) is -1.48. The zero-order valence-corrected chi connectivity index (χ0v) is 20.7. The van der Waals surface area contributed by atoms with Crippen LogP contribution in [0.25, 0.3) is 11.8 Å². The Hall–Kier alpha value is -2.92. The first kappa shape index (κ1) is 23.2. The summed E-state index contributed by atoms with van der Waals surface area (Å²) in [6.45, 7) is 3.52. The van der Waals surface area contributed by atoms with Gasteiger partial charge in [-0.3, -0.25) is 19.3 Å². The average Bonchev–Trinajstić information content (AvgIpc) is 3.20. The van der Waals surface area contributed by atoms with E-state index in [0.717, 1.165) is 42.9 Å². The SMILES string of the molecule is Cc1cc(/C=C2\SC(=O)N(CC(=O)Nc3ccc(F)cc3)C2=O)c(C)n1-c1ccc(I)cc1. The van der Waals surface area contributed by atoms with E-state index in [0.29, 0.717) is 5.69 Å². The number of imide groups is 1. The minimum atomic E-state index is -0.540. The molecule has 1 fully saturated rings. The van der Waals surface area contributed by atoms with Crippen molar-refractivity contribution in [2.75, 3.05) is 11.9 Å². The summed E-state index contributed by atoms with van der Waals surface area (Å²) in [5, 5.41) is 2.05. The van der Waals surface area contributed by atoms with Crippen LogP contribution < -0.4 is 5.32 Å². The molecule has 6 nitrogen and oxygen atoms in total. The quantitative estimate of drug-likeness (QED) is 0.322. The number of benzene rings is 2. The highest BCUT2D eigenvalue weighted by Crippen LogP contribution is 2.33. The second-order valence-corrected chi connectivity index (χ2v) is 9.70. The van der Waals surface area contributed by atoms with Gasteiger partial charge in [-0.25, -0.2) is 4.39 Å². The van der Waals surface area contributed by atoms with Gasteiger partial charge in [0.1, 0.15) is 12.4 Å². The van der Waals surface area contributed by atoms with Gasteiger partial charge in [-0.05, 0) is 114 Å². The Morgan fingerprint density at radius 1 is 1.09 bits per heavy atom. The molecular formula is C24H19FIN3O3S. The average molecular weight is 575 g/mol. The molecule has 168 valence electrons. The van der Waals surface area contributed by atoms with E-state index < -0.39 is 29.4 Å². The van der Waals surface area contributed by atoms with Crippen LogP contribution in [0, 0.1) is 23.2 Å². The number of anilines is 1. The lowest BCUT2D eigenvalue weighted by Gasteiger charge is -2.12. The van der Waals surface area contributed by atoms with Crippen molar-refractivity contribution in [2.45, 2.75) is 13.8 Å². The summed E-state index contributed by atoms with van der Waals surface area (Å²) in [4.78, 5) is 38.7. The lowest BCUT2D eigenvalue weighted by molar-refractivity contribution is -0.127. The molecule has 1 aliphatic rings. The van der Waals surface area contributed by atoms with E-state index >= 15 is 0 Å². The van der Waals surface area contributed by atoms with E-state index in [1.165, 1.54) is 24.3 Å². The normalized spacial score (nSPS) is 14.9. The summed E-state index contributed by atoms with van der Waals surface area (Å²) in [6, 6.07) is 15.3. The summed E-state index contributed by atoms with van der Waals surface area (Å²) < 4.78 is 16.2. The first-order valence-corrected chi connectivity index (χ1v) is 11.9. The number of aryl methyl sites for hydroxylation is 1. The Labute approximate surface area is 208 Å². The van der Waals surface area contributed by atoms with E-state index in [2.05, 4.69) is 32.5 Å². The fourth-order valence-corrected chi connectivity index (χ4v) is 4.76. The molecule has 0 radical (unpaired) electrons. The number of halogens is 2. The molecule has 33 heavy (non-hydrogen) atoms. The van der Waals surface area contributed by atoms with Crippen LogP contribution in [0.15, 0.2) is 59.5 Å². The Balaban J connectivity index is 1.52. The van der Waals surface area contributed by atoms with Gasteiger partial charge >= 0.3 is 0 Å². The number of carbonyl (C=O) groups excluding carboxylic acids is 3. The van der Waals surface area contributed by atoms with Crippen LogP contribution in [0.1, 0.15) is 17.0 Å². The van der Waals surface area contributed by atoms with E-state index in [4.69, 9.17) is 0 Å². The predicted molar refractivity (Wildman–Crippen MR) is 136 cm³/mol. The number of hydrogen-bond donors (Lipinski definition) is 1. The van der Waals surface area contributed by atoms with E-state index in [9.17, 15) is 18.8 Å². The van der Waals surface area contributed by atoms with E-state index in [-0.39, 0.29) is 4.91 Å². The van der Waals surface area contributed by atoms with Gasteiger partial charge in [0, 0.05) is 26.3 Å². The van der Waals surface area contributed by atoms with Gasteiger partial charge in [-0.1, -0.05) is 0 Å². The van der Waals surface area contributed by atoms with Crippen LogP contribution in [0.4, 0.5) is 14.9 Å². The fourth-order valence-electron chi connectivity index (χ4n) is 3.58. The molecule has 0 spiro atoms. The van der Waals surface area contributed by atoms with Crippen molar-refractivity contribution in [3.63, 3.8) is 0 Å². The maximum atomic E-state index is 13.0. The van der Waals surface area contributed by atoms with Crippen LogP contribution >= 0.6 is 34.4 Å². The molecule has 0 atom stereocenters. The molecular weight excluding hydrogens is 556 g/mol. The number of nitrogens with zero attached hydrogens (tertiary/aromatic N) is 2. The number of nitrogens with one attached hydrogen (secondary N) is 1. The maximum absolute atomic E-state index is 13.0. The third-order valence-electron chi connectivity index (χ3n) is 5.14. The second-order valence-electron chi connectivity index (χ2n) is 7.46. The molecule has 0 bridgehead atoms. The largest absolute Gasteiger partial charge is 0.325 e. The van der Waals surface area contributed by atoms with Crippen molar-refractivity contribution < 1.29 is 18.8 Å². The minimum Gasteiger partial charge on any atom is -0.325 e. The zero-order chi connectivity index (χ0) is 23.7. The number of thioether (sulfide) groups is 1. The van der Waals surface area contributed by atoms with Crippen molar-refractivity contribution in [2.24, 2.45) is 0 Å². The molecule has 1 N–H and O–H groups in total. The lowest BCUT2D eigenvalue weighted by Crippen LogP contribution is -2.36. The van der Waals surface area contributed by atoms with Crippen molar-refractivity contribution in [3.8, 4) is 5.69 Å². The molecule has 0 saturated carbocycles. The third-order valence-corrected chi connectivity index (χ3v) is 6.77. The number of rotatable bonds is 5. The third kappa shape index (κ3) is 5.03. The van der Waals surface area contributed by atoms with Gasteiger partial charge in [0.05, 0.1) is 4.91 Å². The summed E-state index contributed by atoms with van der Waals surface area (Å²) in [5.41, 5.74) is 4.15. The standard InChI is InChI=1S/C24H19FIN3O3S/c1-14-11-16(15(2)29(14)20-9-5-18(26)6-10-20)12-21-23(31)28(24(32)33-21)13-22(30)27-19-7-3-17(25)4-8-19/h3-12H,13H2,1-2H3,(H,27,30)/b21-12-. The number of aromatic nitrogens is 1. The molecule has 2 aromatic carbocycles. The van der Waals surface area contributed by atoms with E-state index in [1.807, 2.05) is 44.2 Å². The summed E-state index contributed by atoms with van der Waals surface area (Å²) >= 11 is 3.06. The van der Waals surface area contributed by atoms with Crippen molar-refractivity contribution >= 4 is 63.2 Å². The maximum Gasteiger partial charge on any atom is 0.294 e. The van der Waals surface area contributed by atoms with Gasteiger partial charge in [-0.15, -0.1) is 0 Å². The van der Waals surface area contributed by atoms with Crippen molar-refractivity contribution in [1.29, 1.82) is 0 Å². The second kappa shape index (κ2) is 9.52. The van der Waals surface area contributed by atoms with E-state index in [1.54, 1.807) is 6.08 Å². The Bertz CT molecular complexity index is 1280. The highest BCUT2D eigenvalue weighted by Gasteiger charge is 2.36. The highest BCUT2D eigenvalue weighted by atomic mass is 127. The molecule has 0 unspecified atom stereocenters. The summed E-state index contributed by atoms with van der Waals surface area (Å²) in [6.07, 6.45) is 1.69. The molecule has 4 rings (SSSR count). The molecule has 2 heterocycles. The number of hydrogen-bond acceptors (Lipinski definition) is 4. The van der Waals surface area contributed by atoms with Crippen LogP contribution in [0.2, 0.25) is 0 Å². The van der Waals surface area contributed by atoms with Crippen LogP contribution in [-0.4, -0.2) is 33.1 Å². The molecule has 3 amide bonds. The zero-order valence-electron chi connectivity index (χ0n) is 17.8. The Kier molecular flexibility index (Phi) is 6.71. The smallest absolute Gasteiger partial charge is 0.294 e. The van der Waals surface area contributed by atoms with Crippen molar-refractivity contribution in [1.82, 2.24) is 9.47 Å². The minimum absolute atomic E-state index is 0.262. The highest BCUT2D eigenvalue weighted by molar-refractivity contribution is 14.1. The topological polar surface area (TPSA) is 71.4 Å². The molecule has 9 heteroatoms. The van der Waals surface area contributed by atoms with Gasteiger partial charge in [-0.2, -0.15) is 0 Å². The first-order valence-electron chi connectivity index (χ1n) is 9.98. The Morgan fingerprint density at radius 2 is 1.76 bits per heavy atom. The van der Waals surface area contributed by atoms with Gasteiger partial charge in [0.2, 0.25) is 5.91 Å². The first-order chi connectivity index (χ1) is 15.7. The predicted octanol–water partition coefficient (Wildman–Crippen LogP) is 5.51. The van der Waals surface area contributed by atoms with Crippen LogP contribution in [0.3, 0.4) is 0 Å². The van der Waals surface area contributed by atoms with Gasteiger partial charge in [0.15, 0.2) is 0 Å². The Morgan fingerprint density at radius 3 is 2.42 bits per heavy atom. The molecule has 0 aliphatic carbocycles. The molecule has 1 aromatic heterocycles.